The Morgan fingerprint density at radius 1 is 1.24 bits per heavy atom. The molecule has 86 valence electrons. The minimum atomic E-state index is -1.12. The van der Waals surface area contributed by atoms with Gasteiger partial charge in [-0.15, -0.1) is 0 Å². The van der Waals surface area contributed by atoms with Crippen LogP contribution in [-0.4, -0.2) is 21.2 Å². The molecule has 4 nitrogen and oxygen atoms in total. The third-order valence-electron chi connectivity index (χ3n) is 2.25. The van der Waals surface area contributed by atoms with Crippen LogP contribution < -0.4 is 0 Å². The summed E-state index contributed by atoms with van der Waals surface area (Å²) in [5.41, 5.74) is 0.946. The van der Waals surface area contributed by atoms with Crippen LogP contribution in [0.25, 0.3) is 11.1 Å². The molecule has 0 aliphatic rings. The number of benzene rings is 1. The van der Waals surface area contributed by atoms with Gasteiger partial charge in [-0.2, -0.15) is 0 Å². The molecule has 0 bridgehead atoms. The Labute approximate surface area is 102 Å². The average Bonchev–Trinajstić information content (AvgIpc) is 2.32. The number of phenols is 1. The largest absolute Gasteiger partial charge is 0.507 e. The molecule has 2 N–H and O–H groups in total. The molecule has 2 rings (SSSR count). The molecule has 1 aromatic carbocycles. The molecular weight excluding hydrogens is 242 g/mol. The van der Waals surface area contributed by atoms with Gasteiger partial charge in [-0.05, 0) is 35.9 Å². The van der Waals surface area contributed by atoms with Crippen LogP contribution in [0.4, 0.5) is 0 Å². The van der Waals surface area contributed by atoms with E-state index in [-0.39, 0.29) is 11.4 Å². The second-order valence-corrected chi connectivity index (χ2v) is 3.83. The van der Waals surface area contributed by atoms with Crippen molar-refractivity contribution >= 4 is 17.6 Å². The van der Waals surface area contributed by atoms with Gasteiger partial charge in [0.05, 0.1) is 0 Å². The maximum atomic E-state index is 10.8. The Hall–Kier alpha value is -2.07. The second kappa shape index (κ2) is 4.43. The van der Waals surface area contributed by atoms with E-state index in [4.69, 9.17) is 16.7 Å². The minimum absolute atomic E-state index is 0.0388. The molecule has 0 amide bonds. The van der Waals surface area contributed by atoms with E-state index in [1.54, 1.807) is 18.2 Å². The fraction of sp³-hybridized carbons (Fsp3) is 0. The molecule has 0 saturated carbocycles. The van der Waals surface area contributed by atoms with Gasteiger partial charge in [0.25, 0.3) is 0 Å². The van der Waals surface area contributed by atoms with Crippen LogP contribution in [0.5, 0.6) is 5.75 Å². The van der Waals surface area contributed by atoms with Crippen LogP contribution in [0, 0.1) is 0 Å². The van der Waals surface area contributed by atoms with Crippen molar-refractivity contribution in [1.82, 2.24) is 4.98 Å². The third kappa shape index (κ3) is 2.37. The summed E-state index contributed by atoms with van der Waals surface area (Å²) in [6.45, 7) is 0. The number of carbonyl (C=O) groups is 1. The van der Waals surface area contributed by atoms with Gasteiger partial charge in [0.1, 0.15) is 11.4 Å². The molecule has 0 aliphatic carbocycles. The second-order valence-electron chi connectivity index (χ2n) is 3.40. The SMILES string of the molecule is O=C(O)c1cc(-c2cc(Cl)ccc2O)ccn1. The first kappa shape index (κ1) is 11.4. The Bertz CT molecular complexity index is 584. The topological polar surface area (TPSA) is 70.4 Å². The van der Waals surface area contributed by atoms with Gasteiger partial charge in [0.2, 0.25) is 0 Å². The highest BCUT2D eigenvalue weighted by atomic mass is 35.5. The van der Waals surface area contributed by atoms with E-state index < -0.39 is 5.97 Å². The lowest BCUT2D eigenvalue weighted by molar-refractivity contribution is 0.0690. The number of halogens is 1. The number of hydrogen-bond donors (Lipinski definition) is 2. The van der Waals surface area contributed by atoms with E-state index >= 15 is 0 Å². The predicted octanol–water partition coefficient (Wildman–Crippen LogP) is 2.81. The minimum Gasteiger partial charge on any atom is -0.507 e. The van der Waals surface area contributed by atoms with E-state index in [9.17, 15) is 9.90 Å². The molecule has 2 aromatic rings. The smallest absolute Gasteiger partial charge is 0.354 e. The van der Waals surface area contributed by atoms with Gasteiger partial charge in [0, 0.05) is 16.8 Å². The van der Waals surface area contributed by atoms with Crippen molar-refractivity contribution in [2.75, 3.05) is 0 Å². The van der Waals surface area contributed by atoms with Gasteiger partial charge < -0.3 is 10.2 Å². The van der Waals surface area contributed by atoms with E-state index in [0.29, 0.717) is 16.1 Å². The van der Waals surface area contributed by atoms with Crippen molar-refractivity contribution in [1.29, 1.82) is 0 Å². The first-order chi connectivity index (χ1) is 8.08. The number of carboxylic acid groups (broad SMARTS) is 1. The zero-order chi connectivity index (χ0) is 12.4. The normalized spacial score (nSPS) is 10.2. The highest BCUT2D eigenvalue weighted by Crippen LogP contribution is 2.31. The zero-order valence-electron chi connectivity index (χ0n) is 8.59. The van der Waals surface area contributed by atoms with Crippen molar-refractivity contribution in [3.63, 3.8) is 0 Å². The van der Waals surface area contributed by atoms with Gasteiger partial charge in [0.15, 0.2) is 0 Å². The first-order valence-corrected chi connectivity index (χ1v) is 5.14. The van der Waals surface area contributed by atoms with E-state index in [2.05, 4.69) is 4.98 Å². The summed E-state index contributed by atoms with van der Waals surface area (Å²) in [5, 5.41) is 19.0. The Morgan fingerprint density at radius 2 is 2.00 bits per heavy atom. The summed E-state index contributed by atoms with van der Waals surface area (Å²) in [4.78, 5) is 14.5. The molecule has 1 aromatic heterocycles. The van der Waals surface area contributed by atoms with E-state index in [0.717, 1.165) is 0 Å². The third-order valence-corrected chi connectivity index (χ3v) is 2.48. The monoisotopic (exact) mass is 249 g/mol. The average molecular weight is 250 g/mol. The van der Waals surface area contributed by atoms with Crippen LogP contribution in [-0.2, 0) is 0 Å². The molecule has 0 aliphatic heterocycles. The number of aromatic nitrogens is 1. The van der Waals surface area contributed by atoms with E-state index in [1.807, 2.05) is 0 Å². The van der Waals surface area contributed by atoms with Gasteiger partial charge >= 0.3 is 5.97 Å². The molecular formula is C12H8ClNO3. The molecule has 5 heteroatoms. The number of phenolic OH excluding ortho intramolecular Hbond substituents is 1. The number of hydrogen-bond acceptors (Lipinski definition) is 3. The van der Waals surface area contributed by atoms with Crippen molar-refractivity contribution in [2.45, 2.75) is 0 Å². The van der Waals surface area contributed by atoms with Crippen molar-refractivity contribution < 1.29 is 15.0 Å². The molecule has 0 unspecified atom stereocenters. The lowest BCUT2D eigenvalue weighted by Crippen LogP contribution is -1.99. The molecule has 0 radical (unpaired) electrons. The molecule has 0 saturated heterocycles. The first-order valence-electron chi connectivity index (χ1n) is 4.76. The lowest BCUT2D eigenvalue weighted by Gasteiger charge is -2.05. The van der Waals surface area contributed by atoms with Crippen LogP contribution in [0.1, 0.15) is 10.5 Å². The summed E-state index contributed by atoms with van der Waals surface area (Å²) >= 11 is 5.83. The number of aromatic carboxylic acids is 1. The Balaban J connectivity index is 2.56. The molecule has 0 spiro atoms. The van der Waals surface area contributed by atoms with Crippen molar-refractivity contribution in [3.05, 3.63) is 47.2 Å². The quantitative estimate of drug-likeness (QED) is 0.859. The molecule has 0 atom stereocenters. The maximum Gasteiger partial charge on any atom is 0.354 e. The summed E-state index contributed by atoms with van der Waals surface area (Å²) in [5.74, 6) is -1.08. The van der Waals surface area contributed by atoms with Gasteiger partial charge in [-0.3, -0.25) is 0 Å². The Morgan fingerprint density at radius 3 is 2.71 bits per heavy atom. The molecule has 17 heavy (non-hydrogen) atoms. The summed E-state index contributed by atoms with van der Waals surface area (Å²) in [6.07, 6.45) is 1.37. The van der Waals surface area contributed by atoms with Crippen molar-refractivity contribution in [3.8, 4) is 16.9 Å². The van der Waals surface area contributed by atoms with Crippen LogP contribution >= 0.6 is 11.6 Å². The fourth-order valence-electron chi connectivity index (χ4n) is 1.45. The summed E-state index contributed by atoms with van der Waals surface area (Å²) in [7, 11) is 0. The van der Waals surface area contributed by atoms with Crippen molar-refractivity contribution in [2.24, 2.45) is 0 Å². The molecule has 0 fully saturated rings. The summed E-state index contributed by atoms with van der Waals surface area (Å²) in [6, 6.07) is 7.57. The maximum absolute atomic E-state index is 10.8. The highest BCUT2D eigenvalue weighted by molar-refractivity contribution is 6.31. The number of pyridine rings is 1. The number of rotatable bonds is 2. The van der Waals surface area contributed by atoms with Crippen LogP contribution in [0.15, 0.2) is 36.5 Å². The number of nitrogens with zero attached hydrogens (tertiary/aromatic N) is 1. The number of carboxylic acids is 1. The van der Waals surface area contributed by atoms with Gasteiger partial charge in [-0.1, -0.05) is 11.6 Å². The predicted molar refractivity (Wildman–Crippen MR) is 63.3 cm³/mol. The summed E-state index contributed by atoms with van der Waals surface area (Å²) < 4.78 is 0. The van der Waals surface area contributed by atoms with Crippen LogP contribution in [0.3, 0.4) is 0 Å². The lowest BCUT2D eigenvalue weighted by atomic mass is 10.1. The zero-order valence-corrected chi connectivity index (χ0v) is 9.35. The highest BCUT2D eigenvalue weighted by Gasteiger charge is 2.09. The molecule has 1 heterocycles. The van der Waals surface area contributed by atoms with E-state index in [1.165, 1.54) is 18.3 Å². The van der Waals surface area contributed by atoms with Crippen LogP contribution in [0.2, 0.25) is 5.02 Å². The fourth-order valence-corrected chi connectivity index (χ4v) is 1.63. The Kier molecular flexibility index (Phi) is 2.97. The number of aromatic hydroxyl groups is 1. The van der Waals surface area contributed by atoms with Gasteiger partial charge in [-0.25, -0.2) is 9.78 Å². The standard InChI is InChI=1S/C12H8ClNO3/c13-8-1-2-11(15)9(6-8)7-3-4-14-10(5-7)12(16)17/h1-6,15H,(H,16,17).